The molecule has 1 aliphatic heterocycles. The number of hydrogen-bond acceptors (Lipinski definition) is 2. The number of carbonyl (C=O) groups is 1. The van der Waals surface area contributed by atoms with E-state index < -0.39 is 0 Å². The van der Waals surface area contributed by atoms with Crippen molar-refractivity contribution in [2.45, 2.75) is 38.1 Å². The summed E-state index contributed by atoms with van der Waals surface area (Å²) in [4.78, 5) is 11.3. The van der Waals surface area contributed by atoms with Gasteiger partial charge in [0.25, 0.3) is 0 Å². The van der Waals surface area contributed by atoms with Gasteiger partial charge in [0.2, 0.25) is 5.91 Å². The first-order valence-electron chi connectivity index (χ1n) is 6.97. The summed E-state index contributed by atoms with van der Waals surface area (Å²) in [5.41, 5.74) is 2.43. The Morgan fingerprint density at radius 1 is 1.42 bits per heavy atom. The Morgan fingerprint density at radius 2 is 2.21 bits per heavy atom. The van der Waals surface area contributed by atoms with Gasteiger partial charge in [-0.3, -0.25) is 4.79 Å². The van der Waals surface area contributed by atoms with Gasteiger partial charge in [-0.1, -0.05) is 12.8 Å². The molecule has 3 rings (SSSR count). The summed E-state index contributed by atoms with van der Waals surface area (Å²) in [5.74, 6) is 0.497. The van der Waals surface area contributed by atoms with E-state index >= 15 is 0 Å². The van der Waals surface area contributed by atoms with Gasteiger partial charge in [-0.15, -0.1) is 0 Å². The highest BCUT2D eigenvalue weighted by Gasteiger charge is 2.28. The number of hydrogen-bond donors (Lipinski definition) is 2. The third-order valence-corrected chi connectivity index (χ3v) is 4.11. The second kappa shape index (κ2) is 4.93. The molecule has 1 heterocycles. The van der Waals surface area contributed by atoms with Crippen LogP contribution in [0, 0.1) is 11.7 Å². The number of amides is 1. The summed E-state index contributed by atoms with van der Waals surface area (Å²) < 4.78 is 14.2. The van der Waals surface area contributed by atoms with Crippen LogP contribution in [0.5, 0.6) is 0 Å². The average Bonchev–Trinajstić information content (AvgIpc) is 3.19. The summed E-state index contributed by atoms with van der Waals surface area (Å²) in [5, 5.41) is 5.96. The van der Waals surface area contributed by atoms with Crippen molar-refractivity contribution in [1.82, 2.24) is 5.32 Å². The van der Waals surface area contributed by atoms with Gasteiger partial charge < -0.3 is 10.6 Å². The number of carbonyl (C=O) groups excluding carboxylic acids is 1. The highest BCUT2D eigenvalue weighted by Crippen LogP contribution is 2.39. The van der Waals surface area contributed by atoms with E-state index in [1.807, 2.05) is 13.1 Å². The monoisotopic (exact) mass is 262 g/mol. The van der Waals surface area contributed by atoms with E-state index in [0.29, 0.717) is 18.5 Å². The summed E-state index contributed by atoms with van der Waals surface area (Å²) in [6.45, 7) is 0. The zero-order valence-electron chi connectivity index (χ0n) is 11.1. The number of halogens is 1. The Morgan fingerprint density at radius 3 is 2.89 bits per heavy atom. The minimum absolute atomic E-state index is 0.0252. The van der Waals surface area contributed by atoms with E-state index in [2.05, 4.69) is 10.6 Å². The summed E-state index contributed by atoms with van der Waals surface area (Å²) in [6, 6.07) is 3.47. The van der Waals surface area contributed by atoms with Gasteiger partial charge in [0.15, 0.2) is 0 Å². The fourth-order valence-electron chi connectivity index (χ4n) is 2.78. The second-order valence-electron chi connectivity index (χ2n) is 5.60. The van der Waals surface area contributed by atoms with Crippen LogP contribution in [0.25, 0.3) is 0 Å². The van der Waals surface area contributed by atoms with E-state index in [0.717, 1.165) is 23.5 Å². The van der Waals surface area contributed by atoms with Gasteiger partial charge >= 0.3 is 0 Å². The third-order valence-electron chi connectivity index (χ3n) is 4.11. The number of aryl methyl sites for hydroxylation is 1. The Balaban J connectivity index is 1.90. The molecule has 4 heteroatoms. The molecule has 1 amide bonds. The molecule has 19 heavy (non-hydrogen) atoms. The lowest BCUT2D eigenvalue weighted by Gasteiger charge is -2.22. The van der Waals surface area contributed by atoms with Crippen molar-refractivity contribution >= 4 is 11.6 Å². The van der Waals surface area contributed by atoms with Crippen LogP contribution in [0.2, 0.25) is 0 Å². The molecule has 1 fully saturated rings. The van der Waals surface area contributed by atoms with Crippen LogP contribution in [0.1, 0.15) is 42.9 Å². The van der Waals surface area contributed by atoms with E-state index in [1.165, 1.54) is 18.9 Å². The minimum Gasteiger partial charge on any atom is -0.326 e. The van der Waals surface area contributed by atoms with Crippen LogP contribution >= 0.6 is 0 Å². The van der Waals surface area contributed by atoms with Gasteiger partial charge in [0, 0.05) is 23.7 Å². The summed E-state index contributed by atoms with van der Waals surface area (Å²) in [7, 11) is 1.88. The molecular formula is C15H19FN2O. The molecule has 0 saturated heterocycles. The van der Waals surface area contributed by atoms with Gasteiger partial charge in [-0.05, 0) is 43.5 Å². The number of benzene rings is 1. The molecule has 1 atom stereocenters. The predicted octanol–water partition coefficient (Wildman–Crippen LogP) is 2.77. The summed E-state index contributed by atoms with van der Waals surface area (Å²) >= 11 is 0. The molecule has 1 aromatic rings. The maximum atomic E-state index is 14.2. The molecule has 0 spiro atoms. The molecule has 1 saturated carbocycles. The summed E-state index contributed by atoms with van der Waals surface area (Å²) in [6.07, 6.45) is 4.72. The van der Waals surface area contributed by atoms with Gasteiger partial charge in [0.1, 0.15) is 5.82 Å². The highest BCUT2D eigenvalue weighted by atomic mass is 19.1. The van der Waals surface area contributed by atoms with Crippen LogP contribution in [0.15, 0.2) is 12.1 Å². The number of nitrogens with one attached hydrogen (secondary N) is 2. The van der Waals surface area contributed by atoms with Crippen LogP contribution < -0.4 is 10.6 Å². The SMILES string of the molecule is CNC(CC1CC1)c1cc2c(cc1F)NC(=O)CC2. The number of fused-ring (bicyclic) bond motifs is 1. The van der Waals surface area contributed by atoms with Crippen molar-refractivity contribution in [3.05, 3.63) is 29.1 Å². The van der Waals surface area contributed by atoms with Gasteiger partial charge in [-0.25, -0.2) is 4.39 Å². The highest BCUT2D eigenvalue weighted by molar-refractivity contribution is 5.93. The Hall–Kier alpha value is -1.42. The van der Waals surface area contributed by atoms with Crippen molar-refractivity contribution in [2.24, 2.45) is 5.92 Å². The first-order valence-corrected chi connectivity index (χ1v) is 6.97. The first-order chi connectivity index (χ1) is 9.17. The van der Waals surface area contributed by atoms with Crippen molar-refractivity contribution in [1.29, 1.82) is 0 Å². The average molecular weight is 262 g/mol. The van der Waals surface area contributed by atoms with E-state index in [4.69, 9.17) is 0 Å². The van der Waals surface area contributed by atoms with E-state index in [1.54, 1.807) is 0 Å². The number of anilines is 1. The molecule has 1 aromatic carbocycles. The van der Waals surface area contributed by atoms with Crippen molar-refractivity contribution in [3.63, 3.8) is 0 Å². The van der Waals surface area contributed by atoms with Crippen LogP contribution in [0.4, 0.5) is 10.1 Å². The molecular weight excluding hydrogens is 243 g/mol. The Kier molecular flexibility index (Phi) is 3.27. The zero-order chi connectivity index (χ0) is 13.4. The first kappa shape index (κ1) is 12.6. The van der Waals surface area contributed by atoms with Crippen LogP contribution in [-0.4, -0.2) is 13.0 Å². The standard InChI is InChI=1S/C15H19FN2O/c1-17-14(6-9-2-3-9)11-7-10-4-5-15(19)18-13(10)8-12(11)16/h7-9,14,17H,2-6H2,1H3,(H,18,19). The van der Waals surface area contributed by atoms with Crippen LogP contribution in [-0.2, 0) is 11.2 Å². The Bertz CT molecular complexity index is 511. The molecule has 1 unspecified atom stereocenters. The lowest BCUT2D eigenvalue weighted by atomic mass is 9.94. The fourth-order valence-corrected chi connectivity index (χ4v) is 2.78. The molecule has 0 radical (unpaired) electrons. The van der Waals surface area contributed by atoms with Crippen LogP contribution in [0.3, 0.4) is 0 Å². The fraction of sp³-hybridized carbons (Fsp3) is 0.533. The molecule has 102 valence electrons. The second-order valence-corrected chi connectivity index (χ2v) is 5.60. The molecule has 0 aromatic heterocycles. The largest absolute Gasteiger partial charge is 0.326 e. The van der Waals surface area contributed by atoms with Crippen molar-refractivity contribution < 1.29 is 9.18 Å². The van der Waals surface area contributed by atoms with Crippen molar-refractivity contribution in [2.75, 3.05) is 12.4 Å². The molecule has 2 N–H and O–H groups in total. The lowest BCUT2D eigenvalue weighted by Crippen LogP contribution is -2.22. The lowest BCUT2D eigenvalue weighted by molar-refractivity contribution is -0.116. The minimum atomic E-state index is -0.221. The van der Waals surface area contributed by atoms with E-state index in [9.17, 15) is 9.18 Å². The predicted molar refractivity (Wildman–Crippen MR) is 72.5 cm³/mol. The maximum absolute atomic E-state index is 14.2. The van der Waals surface area contributed by atoms with Gasteiger partial charge in [0.05, 0.1) is 0 Å². The third kappa shape index (κ3) is 2.63. The van der Waals surface area contributed by atoms with Gasteiger partial charge in [-0.2, -0.15) is 0 Å². The molecule has 0 bridgehead atoms. The topological polar surface area (TPSA) is 41.1 Å². The zero-order valence-corrected chi connectivity index (χ0v) is 11.1. The normalized spacial score (nSPS) is 19.8. The molecule has 2 aliphatic rings. The molecule has 1 aliphatic carbocycles. The van der Waals surface area contributed by atoms with E-state index in [-0.39, 0.29) is 17.8 Å². The maximum Gasteiger partial charge on any atom is 0.224 e. The quantitative estimate of drug-likeness (QED) is 0.876. The Labute approximate surface area is 112 Å². The molecule has 3 nitrogen and oxygen atoms in total. The smallest absolute Gasteiger partial charge is 0.224 e. The van der Waals surface area contributed by atoms with Crippen molar-refractivity contribution in [3.8, 4) is 0 Å². The number of rotatable bonds is 4.